The number of aliphatic carboxylic acids is 1. The maximum atomic E-state index is 11.0. The van der Waals surface area contributed by atoms with Gasteiger partial charge in [0.25, 0.3) is 0 Å². The van der Waals surface area contributed by atoms with Gasteiger partial charge in [-0.05, 0) is 31.9 Å². The van der Waals surface area contributed by atoms with Gasteiger partial charge in [-0.25, -0.2) is 4.79 Å². The Labute approximate surface area is 63.6 Å². The Bertz CT molecular complexity index is 124. The highest BCUT2D eigenvalue weighted by molar-refractivity contribution is 7.93. The van der Waals surface area contributed by atoms with Crippen molar-refractivity contribution in [2.24, 2.45) is 0 Å². The third-order valence-corrected chi connectivity index (χ3v) is 2.99. The van der Waals surface area contributed by atoms with E-state index < -0.39 is 22.4 Å². The Morgan fingerprint density at radius 2 is 1.90 bits per heavy atom. The molecule has 10 heavy (non-hydrogen) atoms. The largest absolute Gasteiger partial charge is 0.616 e. The van der Waals surface area contributed by atoms with E-state index in [1.165, 1.54) is 6.92 Å². The van der Waals surface area contributed by atoms with Crippen molar-refractivity contribution in [2.45, 2.75) is 31.3 Å². The van der Waals surface area contributed by atoms with Gasteiger partial charge in [0.1, 0.15) is 5.25 Å². The monoisotopic (exact) mass is 164 g/mol. The maximum absolute atomic E-state index is 11.0. The lowest BCUT2D eigenvalue weighted by molar-refractivity contribution is -0.136. The second-order valence-electron chi connectivity index (χ2n) is 2.36. The van der Waals surface area contributed by atoms with Crippen molar-refractivity contribution in [1.29, 1.82) is 0 Å². The van der Waals surface area contributed by atoms with Crippen molar-refractivity contribution < 1.29 is 14.5 Å². The van der Waals surface area contributed by atoms with E-state index in [0.29, 0.717) is 0 Å². The second kappa shape index (κ2) is 3.83. The summed E-state index contributed by atoms with van der Waals surface area (Å²) >= 11 is -1.25. The van der Waals surface area contributed by atoms with Crippen molar-refractivity contribution in [3.63, 3.8) is 0 Å². The van der Waals surface area contributed by atoms with Crippen LogP contribution in [-0.2, 0) is 16.0 Å². The first-order valence-corrected chi connectivity index (χ1v) is 4.36. The highest BCUT2D eigenvalue weighted by atomic mass is 32.2. The van der Waals surface area contributed by atoms with Gasteiger partial charge in [-0.1, -0.05) is 0 Å². The van der Waals surface area contributed by atoms with Crippen LogP contribution in [0.25, 0.3) is 0 Å². The molecule has 0 fully saturated rings. The Kier molecular flexibility index (Phi) is 3.75. The molecule has 0 saturated heterocycles. The van der Waals surface area contributed by atoms with Crippen LogP contribution < -0.4 is 0 Å². The number of rotatable bonds is 3. The number of hydrogen-bond acceptors (Lipinski definition) is 2. The average Bonchev–Trinajstić information content (AvgIpc) is 1.84. The Morgan fingerprint density at radius 1 is 1.50 bits per heavy atom. The van der Waals surface area contributed by atoms with E-state index in [0.717, 1.165) is 0 Å². The van der Waals surface area contributed by atoms with Crippen LogP contribution in [0, 0.1) is 0 Å². The fourth-order valence-electron chi connectivity index (χ4n) is 0.508. The van der Waals surface area contributed by atoms with Gasteiger partial charge in [0.2, 0.25) is 5.25 Å². The number of hydrogen-bond donors (Lipinski definition) is 1. The van der Waals surface area contributed by atoms with Crippen LogP contribution >= 0.6 is 0 Å². The summed E-state index contributed by atoms with van der Waals surface area (Å²) in [4.78, 5) is 10.3. The zero-order valence-corrected chi connectivity index (χ0v) is 7.14. The summed E-state index contributed by atoms with van der Waals surface area (Å²) in [5.41, 5.74) is 0. The lowest BCUT2D eigenvalue weighted by Crippen LogP contribution is -2.32. The van der Waals surface area contributed by atoms with Gasteiger partial charge in [-0.3, -0.25) is 0 Å². The van der Waals surface area contributed by atoms with Crippen LogP contribution in [0.2, 0.25) is 0 Å². The molecule has 0 spiro atoms. The van der Waals surface area contributed by atoms with Crippen LogP contribution in [0.15, 0.2) is 0 Å². The Morgan fingerprint density at radius 3 is 2.00 bits per heavy atom. The molecule has 0 heterocycles. The SMILES string of the molecule is CC(C)[S+]([O-])C(C)C(=O)O. The van der Waals surface area contributed by atoms with Gasteiger partial charge in [0, 0.05) is 0 Å². The first-order valence-electron chi connectivity index (χ1n) is 3.09. The van der Waals surface area contributed by atoms with Crippen molar-refractivity contribution in [2.75, 3.05) is 0 Å². The molecule has 4 heteroatoms. The molecule has 0 aromatic carbocycles. The molecule has 60 valence electrons. The van der Waals surface area contributed by atoms with Crippen molar-refractivity contribution in [1.82, 2.24) is 0 Å². The van der Waals surface area contributed by atoms with Crippen LogP contribution in [-0.4, -0.2) is 26.1 Å². The van der Waals surface area contributed by atoms with Crippen molar-refractivity contribution >= 4 is 17.1 Å². The number of carboxylic acids is 1. The van der Waals surface area contributed by atoms with Gasteiger partial charge in [-0.2, -0.15) is 0 Å². The molecule has 0 aromatic heterocycles. The van der Waals surface area contributed by atoms with E-state index in [9.17, 15) is 9.35 Å². The standard InChI is InChI=1S/C6H12O3S/c1-4(2)10(9)5(3)6(7)8/h4-5H,1-3H3,(H,7,8). The molecule has 0 bridgehead atoms. The molecule has 1 N–H and O–H groups in total. The third kappa shape index (κ3) is 2.58. The van der Waals surface area contributed by atoms with E-state index in [1.807, 2.05) is 0 Å². The molecular weight excluding hydrogens is 152 g/mol. The molecule has 0 aromatic rings. The molecule has 0 aliphatic heterocycles. The minimum Gasteiger partial charge on any atom is -0.616 e. The van der Waals surface area contributed by atoms with Gasteiger partial charge in [0.15, 0.2) is 0 Å². The van der Waals surface area contributed by atoms with Crippen LogP contribution in [0.1, 0.15) is 20.8 Å². The fraction of sp³-hybridized carbons (Fsp3) is 0.833. The molecule has 0 aliphatic rings. The minimum absolute atomic E-state index is 0.0777. The molecule has 0 amide bonds. The Hall–Kier alpha value is -0.220. The molecule has 0 rings (SSSR count). The number of carboxylic acid groups (broad SMARTS) is 1. The predicted molar refractivity (Wildman–Crippen MR) is 40.4 cm³/mol. The highest BCUT2D eigenvalue weighted by Gasteiger charge is 2.26. The molecule has 2 unspecified atom stereocenters. The summed E-state index contributed by atoms with van der Waals surface area (Å²) in [7, 11) is 0. The summed E-state index contributed by atoms with van der Waals surface area (Å²) in [6.45, 7) is 4.95. The molecule has 2 atom stereocenters. The summed E-state index contributed by atoms with van der Waals surface area (Å²) in [6.07, 6.45) is 0. The number of carbonyl (C=O) groups is 1. The minimum atomic E-state index is -1.25. The zero-order chi connectivity index (χ0) is 8.31. The molecular formula is C6H12O3S. The van der Waals surface area contributed by atoms with Crippen LogP contribution in [0.3, 0.4) is 0 Å². The third-order valence-electron chi connectivity index (χ3n) is 1.16. The predicted octanol–water partition coefficient (Wildman–Crippen LogP) is 0.617. The zero-order valence-electron chi connectivity index (χ0n) is 6.33. The highest BCUT2D eigenvalue weighted by Crippen LogP contribution is 2.08. The van der Waals surface area contributed by atoms with Gasteiger partial charge >= 0.3 is 5.97 Å². The summed E-state index contributed by atoms with van der Waals surface area (Å²) in [5, 5.41) is 7.58. The Balaban J connectivity index is 3.94. The van der Waals surface area contributed by atoms with Crippen molar-refractivity contribution in [3.05, 3.63) is 0 Å². The van der Waals surface area contributed by atoms with Crippen LogP contribution in [0.5, 0.6) is 0 Å². The average molecular weight is 164 g/mol. The van der Waals surface area contributed by atoms with Gasteiger partial charge in [-0.15, -0.1) is 0 Å². The van der Waals surface area contributed by atoms with E-state index >= 15 is 0 Å². The van der Waals surface area contributed by atoms with E-state index in [1.54, 1.807) is 13.8 Å². The normalized spacial score (nSPS) is 16.9. The summed E-state index contributed by atoms with van der Waals surface area (Å²) in [5.74, 6) is -0.993. The maximum Gasteiger partial charge on any atom is 0.356 e. The lowest BCUT2D eigenvalue weighted by Gasteiger charge is -2.17. The quantitative estimate of drug-likeness (QED) is 0.622. The molecule has 3 nitrogen and oxygen atoms in total. The second-order valence-corrected chi connectivity index (χ2v) is 4.66. The van der Waals surface area contributed by atoms with E-state index in [-0.39, 0.29) is 5.25 Å². The summed E-state index contributed by atoms with van der Waals surface area (Å²) in [6, 6.07) is 0. The molecule has 0 aliphatic carbocycles. The first-order chi connectivity index (χ1) is 4.46. The molecule has 0 saturated carbocycles. The van der Waals surface area contributed by atoms with E-state index in [4.69, 9.17) is 5.11 Å². The topological polar surface area (TPSA) is 60.4 Å². The molecule has 0 radical (unpaired) electrons. The lowest BCUT2D eigenvalue weighted by atomic mass is 10.5. The smallest absolute Gasteiger partial charge is 0.356 e. The van der Waals surface area contributed by atoms with E-state index in [2.05, 4.69) is 0 Å². The first kappa shape index (κ1) is 9.78. The van der Waals surface area contributed by atoms with Crippen molar-refractivity contribution in [3.8, 4) is 0 Å². The van der Waals surface area contributed by atoms with Crippen LogP contribution in [0.4, 0.5) is 0 Å². The van der Waals surface area contributed by atoms with Gasteiger partial charge in [0.05, 0.1) is 0 Å². The van der Waals surface area contributed by atoms with Gasteiger partial charge < -0.3 is 9.66 Å². The summed E-state index contributed by atoms with van der Waals surface area (Å²) < 4.78 is 11.0. The fourth-order valence-corrected chi connectivity index (χ4v) is 1.52.